The highest BCUT2D eigenvalue weighted by atomic mass is 15.6. The lowest BCUT2D eigenvalue weighted by molar-refractivity contribution is 0.468. The van der Waals surface area contributed by atoms with Crippen molar-refractivity contribution in [2.75, 3.05) is 7.05 Å². The van der Waals surface area contributed by atoms with Crippen molar-refractivity contribution < 1.29 is 0 Å². The minimum absolute atomic E-state index is 0.821. The number of benzene rings is 1. The molecule has 0 aromatic heterocycles. The molecule has 11 heavy (non-hydrogen) atoms. The lowest BCUT2D eigenvalue weighted by Crippen LogP contribution is -2.40. The van der Waals surface area contributed by atoms with Crippen LogP contribution in [-0.2, 0) is 6.54 Å². The number of rotatable bonds is 4. The van der Waals surface area contributed by atoms with Crippen LogP contribution in [0.4, 0.5) is 0 Å². The summed E-state index contributed by atoms with van der Waals surface area (Å²) in [6.45, 7) is 0.821. The van der Waals surface area contributed by atoms with Gasteiger partial charge in [0.2, 0.25) is 0 Å². The van der Waals surface area contributed by atoms with E-state index in [1.165, 1.54) is 5.56 Å². The normalized spacial score (nSPS) is 9.91. The third-order valence-electron chi connectivity index (χ3n) is 1.35. The van der Waals surface area contributed by atoms with Crippen LogP contribution in [0.2, 0.25) is 0 Å². The van der Waals surface area contributed by atoms with Crippen LogP contribution in [-0.4, -0.2) is 7.05 Å². The quantitative estimate of drug-likeness (QED) is 0.431. The van der Waals surface area contributed by atoms with Gasteiger partial charge in [0.15, 0.2) is 0 Å². The summed E-state index contributed by atoms with van der Waals surface area (Å²) in [6.07, 6.45) is 0. The second-order valence-corrected chi connectivity index (χ2v) is 2.21. The zero-order valence-corrected chi connectivity index (χ0v) is 6.59. The van der Waals surface area contributed by atoms with E-state index in [4.69, 9.17) is 0 Å². The molecule has 0 aliphatic rings. The first-order chi connectivity index (χ1) is 5.43. The maximum Gasteiger partial charge on any atom is 0.0364 e. The van der Waals surface area contributed by atoms with Crippen molar-refractivity contribution in [3.8, 4) is 0 Å². The van der Waals surface area contributed by atoms with Gasteiger partial charge in [-0.15, -0.1) is 0 Å². The molecule has 1 aromatic rings. The molecule has 0 fully saturated rings. The molecule has 0 heterocycles. The van der Waals surface area contributed by atoms with E-state index in [0.717, 1.165) is 6.54 Å². The summed E-state index contributed by atoms with van der Waals surface area (Å²) in [7, 11) is 1.82. The van der Waals surface area contributed by atoms with E-state index in [9.17, 15) is 0 Å². The minimum Gasteiger partial charge on any atom is -0.247 e. The van der Waals surface area contributed by atoms with Gasteiger partial charge in [-0.3, -0.25) is 0 Å². The molecule has 0 unspecified atom stereocenters. The van der Waals surface area contributed by atoms with Gasteiger partial charge in [0.1, 0.15) is 0 Å². The lowest BCUT2D eigenvalue weighted by atomic mass is 10.2. The summed E-state index contributed by atoms with van der Waals surface area (Å²) in [6, 6.07) is 10.2. The van der Waals surface area contributed by atoms with Gasteiger partial charge in [-0.1, -0.05) is 30.3 Å². The van der Waals surface area contributed by atoms with E-state index < -0.39 is 0 Å². The first-order valence-corrected chi connectivity index (χ1v) is 3.62. The first kappa shape index (κ1) is 8.20. The van der Waals surface area contributed by atoms with Crippen LogP contribution < -0.4 is 16.4 Å². The van der Waals surface area contributed by atoms with Gasteiger partial charge in [-0.25, -0.2) is 10.9 Å². The van der Waals surface area contributed by atoms with Crippen molar-refractivity contribution >= 4 is 0 Å². The van der Waals surface area contributed by atoms with Crippen molar-refractivity contribution in [3.63, 3.8) is 0 Å². The predicted molar refractivity (Wildman–Crippen MR) is 45.5 cm³/mol. The molecule has 0 atom stereocenters. The molecule has 0 spiro atoms. The topological polar surface area (TPSA) is 36.1 Å². The largest absolute Gasteiger partial charge is 0.247 e. The Morgan fingerprint density at radius 2 is 1.91 bits per heavy atom. The molecule has 0 radical (unpaired) electrons. The standard InChI is InChI=1S/C8H13N3/c1-9-11-10-7-8-5-3-2-4-6-8/h2-6,9-11H,7H2,1H3. The van der Waals surface area contributed by atoms with Crippen molar-refractivity contribution in [1.82, 2.24) is 16.4 Å². The molecule has 0 aliphatic heterocycles. The highest BCUT2D eigenvalue weighted by molar-refractivity contribution is 5.13. The Bertz CT molecular complexity index is 186. The molecular weight excluding hydrogens is 138 g/mol. The zero-order chi connectivity index (χ0) is 7.94. The molecular formula is C8H13N3. The van der Waals surface area contributed by atoms with E-state index in [1.807, 2.05) is 25.2 Å². The van der Waals surface area contributed by atoms with Crippen molar-refractivity contribution in [2.45, 2.75) is 6.54 Å². The lowest BCUT2D eigenvalue weighted by Gasteiger charge is -2.04. The van der Waals surface area contributed by atoms with E-state index in [2.05, 4.69) is 28.5 Å². The van der Waals surface area contributed by atoms with E-state index in [1.54, 1.807) is 0 Å². The summed E-state index contributed by atoms with van der Waals surface area (Å²) in [5.74, 6) is 0. The van der Waals surface area contributed by atoms with Crippen molar-refractivity contribution in [1.29, 1.82) is 0 Å². The van der Waals surface area contributed by atoms with Crippen LogP contribution in [0.3, 0.4) is 0 Å². The number of nitrogens with one attached hydrogen (secondary N) is 3. The number of hydrogen-bond acceptors (Lipinski definition) is 3. The fraction of sp³-hybridized carbons (Fsp3) is 0.250. The Labute approximate surface area is 66.8 Å². The van der Waals surface area contributed by atoms with E-state index in [-0.39, 0.29) is 0 Å². The third-order valence-corrected chi connectivity index (χ3v) is 1.35. The predicted octanol–water partition coefficient (Wildman–Crippen LogP) is 0.415. The summed E-state index contributed by atoms with van der Waals surface area (Å²) >= 11 is 0. The summed E-state index contributed by atoms with van der Waals surface area (Å²) < 4.78 is 0. The van der Waals surface area contributed by atoms with E-state index >= 15 is 0 Å². The van der Waals surface area contributed by atoms with Gasteiger partial charge >= 0.3 is 0 Å². The SMILES string of the molecule is CNNNCc1ccccc1. The Balaban J connectivity index is 2.28. The van der Waals surface area contributed by atoms with E-state index in [0.29, 0.717) is 0 Å². The molecule has 1 aromatic carbocycles. The monoisotopic (exact) mass is 151 g/mol. The van der Waals surface area contributed by atoms with Gasteiger partial charge < -0.3 is 0 Å². The molecule has 0 saturated heterocycles. The molecule has 60 valence electrons. The Hall–Kier alpha value is -0.900. The highest BCUT2D eigenvalue weighted by Gasteiger charge is 1.86. The average molecular weight is 151 g/mol. The van der Waals surface area contributed by atoms with Crippen molar-refractivity contribution in [3.05, 3.63) is 35.9 Å². The third kappa shape index (κ3) is 3.13. The van der Waals surface area contributed by atoms with Crippen LogP contribution in [0.25, 0.3) is 0 Å². The molecule has 3 N–H and O–H groups in total. The molecule has 3 heteroatoms. The van der Waals surface area contributed by atoms with Crippen LogP contribution in [0.15, 0.2) is 30.3 Å². The van der Waals surface area contributed by atoms with Crippen LogP contribution in [0.1, 0.15) is 5.56 Å². The van der Waals surface area contributed by atoms with Gasteiger partial charge in [0, 0.05) is 6.54 Å². The zero-order valence-electron chi connectivity index (χ0n) is 6.59. The Morgan fingerprint density at radius 1 is 1.18 bits per heavy atom. The van der Waals surface area contributed by atoms with Crippen LogP contribution in [0, 0.1) is 0 Å². The number of hydrogen-bond donors (Lipinski definition) is 3. The van der Waals surface area contributed by atoms with Gasteiger partial charge in [-0.2, -0.15) is 5.53 Å². The van der Waals surface area contributed by atoms with Crippen LogP contribution >= 0.6 is 0 Å². The second-order valence-electron chi connectivity index (χ2n) is 2.21. The van der Waals surface area contributed by atoms with Gasteiger partial charge in [0.25, 0.3) is 0 Å². The summed E-state index contributed by atoms with van der Waals surface area (Å²) in [5.41, 5.74) is 9.82. The first-order valence-electron chi connectivity index (χ1n) is 3.62. The Morgan fingerprint density at radius 3 is 2.55 bits per heavy atom. The molecule has 3 nitrogen and oxygen atoms in total. The van der Waals surface area contributed by atoms with Crippen molar-refractivity contribution in [2.24, 2.45) is 0 Å². The summed E-state index contributed by atoms with van der Waals surface area (Å²) in [4.78, 5) is 0. The van der Waals surface area contributed by atoms with Crippen LogP contribution in [0.5, 0.6) is 0 Å². The molecule has 0 amide bonds. The maximum atomic E-state index is 2.99. The fourth-order valence-electron chi connectivity index (χ4n) is 0.831. The van der Waals surface area contributed by atoms with Gasteiger partial charge in [0.05, 0.1) is 0 Å². The minimum atomic E-state index is 0.821. The molecule has 0 bridgehead atoms. The maximum absolute atomic E-state index is 2.99. The second kappa shape index (κ2) is 4.85. The summed E-state index contributed by atoms with van der Waals surface area (Å²) in [5, 5.41) is 0. The van der Waals surface area contributed by atoms with Gasteiger partial charge in [-0.05, 0) is 12.6 Å². The molecule has 0 saturated carbocycles. The highest BCUT2D eigenvalue weighted by Crippen LogP contribution is 1.95. The smallest absolute Gasteiger partial charge is 0.0364 e. The molecule has 0 aliphatic carbocycles. The number of hydrazine groups is 2. The fourth-order valence-corrected chi connectivity index (χ4v) is 0.831. The molecule has 1 rings (SSSR count). The Kier molecular flexibility index (Phi) is 3.61. The average Bonchev–Trinajstić information content (AvgIpc) is 2.07.